The lowest BCUT2D eigenvalue weighted by Gasteiger charge is -2.17. The number of hydrogen-bond donors (Lipinski definition) is 1. The summed E-state index contributed by atoms with van der Waals surface area (Å²) in [4.78, 5) is 1.15. The van der Waals surface area contributed by atoms with Gasteiger partial charge in [0.2, 0.25) is 0 Å². The molecule has 0 saturated heterocycles. The predicted molar refractivity (Wildman–Crippen MR) is 74.7 cm³/mol. The van der Waals surface area contributed by atoms with Gasteiger partial charge in [0.15, 0.2) is 5.75 Å². The van der Waals surface area contributed by atoms with E-state index in [0.717, 1.165) is 27.2 Å². The third kappa shape index (κ3) is 2.39. The molecule has 0 amide bonds. The summed E-state index contributed by atoms with van der Waals surface area (Å²) in [5.74, 6) is 0.792. The van der Waals surface area contributed by atoms with Crippen molar-refractivity contribution in [2.24, 2.45) is 0 Å². The fourth-order valence-corrected chi connectivity index (χ4v) is 3.15. The van der Waals surface area contributed by atoms with Crippen LogP contribution in [0.3, 0.4) is 0 Å². The highest BCUT2D eigenvalue weighted by Crippen LogP contribution is 2.34. The number of ether oxygens (including phenoxy) is 1. The first-order chi connectivity index (χ1) is 8.71. The quantitative estimate of drug-likeness (QED) is 0.918. The van der Waals surface area contributed by atoms with Crippen molar-refractivity contribution in [3.05, 3.63) is 33.2 Å². The number of aryl methyl sites for hydroxylation is 1. The highest BCUT2D eigenvalue weighted by atomic mass is 35.5. The number of halogens is 1. The van der Waals surface area contributed by atoms with Crippen molar-refractivity contribution >= 4 is 22.9 Å². The van der Waals surface area contributed by atoms with E-state index in [1.54, 1.807) is 24.6 Å². The molecule has 0 aliphatic heterocycles. The molecule has 0 saturated carbocycles. The summed E-state index contributed by atoms with van der Waals surface area (Å²) >= 11 is 7.57. The first-order valence-electron chi connectivity index (χ1n) is 5.73. The molecular weight excluding hydrogens is 270 g/mol. The summed E-state index contributed by atoms with van der Waals surface area (Å²) in [5, 5.41) is 7.62. The van der Waals surface area contributed by atoms with E-state index in [0.29, 0.717) is 0 Å². The number of nitrogens with zero attached hydrogens (tertiary/aromatic N) is 2. The van der Waals surface area contributed by atoms with Gasteiger partial charge < -0.3 is 10.1 Å². The van der Waals surface area contributed by atoms with Gasteiger partial charge in [0.05, 0.1) is 23.7 Å². The zero-order chi connectivity index (χ0) is 13.1. The molecule has 2 aromatic heterocycles. The molecule has 4 nitrogen and oxygen atoms in total. The molecule has 0 aliphatic carbocycles. The van der Waals surface area contributed by atoms with Crippen LogP contribution >= 0.6 is 22.9 Å². The average Bonchev–Trinajstić information content (AvgIpc) is 2.97. The molecule has 2 rings (SSSR count). The lowest BCUT2D eigenvalue weighted by Crippen LogP contribution is -2.21. The molecular formula is C12H16ClN3OS. The van der Waals surface area contributed by atoms with Crippen molar-refractivity contribution in [1.82, 2.24) is 15.1 Å². The van der Waals surface area contributed by atoms with Crippen molar-refractivity contribution in [2.75, 3.05) is 14.2 Å². The Morgan fingerprint density at radius 2 is 2.33 bits per heavy atom. The highest BCUT2D eigenvalue weighted by Gasteiger charge is 2.23. The minimum atomic E-state index is 0.0416. The Kier molecular flexibility index (Phi) is 4.27. The van der Waals surface area contributed by atoms with Gasteiger partial charge in [-0.3, -0.25) is 4.68 Å². The molecule has 1 unspecified atom stereocenters. The van der Waals surface area contributed by atoms with E-state index in [-0.39, 0.29) is 6.04 Å². The van der Waals surface area contributed by atoms with Crippen LogP contribution in [-0.4, -0.2) is 23.9 Å². The summed E-state index contributed by atoms with van der Waals surface area (Å²) in [6, 6.07) is 3.98. The van der Waals surface area contributed by atoms with E-state index >= 15 is 0 Å². The molecule has 0 spiro atoms. The molecule has 2 heterocycles. The molecule has 98 valence electrons. The Morgan fingerprint density at radius 3 is 2.83 bits per heavy atom. The third-order valence-electron chi connectivity index (χ3n) is 2.80. The second kappa shape index (κ2) is 5.73. The summed E-state index contributed by atoms with van der Waals surface area (Å²) in [7, 11) is 3.58. The molecule has 0 aliphatic rings. The van der Waals surface area contributed by atoms with Gasteiger partial charge in [-0.25, -0.2) is 0 Å². The van der Waals surface area contributed by atoms with E-state index < -0.39 is 0 Å². The fraction of sp³-hybridized carbons (Fsp3) is 0.417. The third-order valence-corrected chi connectivity index (χ3v) is 4.10. The average molecular weight is 286 g/mol. The summed E-state index contributed by atoms with van der Waals surface area (Å²) in [6.07, 6.45) is 1.75. The Labute approximate surface area is 116 Å². The van der Waals surface area contributed by atoms with E-state index in [4.69, 9.17) is 16.3 Å². The second-order valence-corrected chi connectivity index (χ2v) is 5.52. The molecule has 1 N–H and O–H groups in total. The van der Waals surface area contributed by atoms with E-state index in [9.17, 15) is 0 Å². The standard InChI is InChI=1S/C12H16ClN3OS/c1-4-16-12(8(17-3)7-15-16)11(14-2)9-5-6-10(13)18-9/h5-7,11,14H,4H2,1-3H3. The van der Waals surface area contributed by atoms with Gasteiger partial charge >= 0.3 is 0 Å². The molecule has 6 heteroatoms. The molecule has 2 aromatic rings. The number of methoxy groups -OCH3 is 1. The van der Waals surface area contributed by atoms with Crippen LogP contribution < -0.4 is 10.1 Å². The van der Waals surface area contributed by atoms with Crippen LogP contribution in [0.5, 0.6) is 5.75 Å². The van der Waals surface area contributed by atoms with E-state index in [1.807, 2.05) is 23.9 Å². The fourth-order valence-electron chi connectivity index (χ4n) is 1.98. The minimum absolute atomic E-state index is 0.0416. The normalized spacial score (nSPS) is 12.7. The van der Waals surface area contributed by atoms with Gasteiger partial charge in [0, 0.05) is 11.4 Å². The molecule has 0 bridgehead atoms. The van der Waals surface area contributed by atoms with Gasteiger partial charge in [0.25, 0.3) is 0 Å². The zero-order valence-corrected chi connectivity index (χ0v) is 12.2. The molecule has 0 aromatic carbocycles. The van der Waals surface area contributed by atoms with Crippen LogP contribution in [0.1, 0.15) is 23.5 Å². The SMILES string of the molecule is CCn1ncc(OC)c1C(NC)c1ccc(Cl)s1. The topological polar surface area (TPSA) is 39.1 Å². The van der Waals surface area contributed by atoms with E-state index in [1.165, 1.54) is 0 Å². The van der Waals surface area contributed by atoms with Crippen LogP contribution in [0.2, 0.25) is 4.34 Å². The van der Waals surface area contributed by atoms with Crippen molar-refractivity contribution in [1.29, 1.82) is 0 Å². The number of hydrogen-bond acceptors (Lipinski definition) is 4. The van der Waals surface area contributed by atoms with E-state index in [2.05, 4.69) is 17.3 Å². The zero-order valence-electron chi connectivity index (χ0n) is 10.6. The number of aromatic nitrogens is 2. The van der Waals surface area contributed by atoms with Gasteiger partial charge in [-0.15, -0.1) is 11.3 Å². The smallest absolute Gasteiger partial charge is 0.161 e. The molecule has 18 heavy (non-hydrogen) atoms. The Morgan fingerprint density at radius 1 is 1.56 bits per heavy atom. The van der Waals surface area contributed by atoms with Crippen LogP contribution in [0.25, 0.3) is 0 Å². The van der Waals surface area contributed by atoms with Crippen molar-refractivity contribution < 1.29 is 4.74 Å². The summed E-state index contributed by atoms with van der Waals surface area (Å²) in [6.45, 7) is 2.86. The lowest BCUT2D eigenvalue weighted by atomic mass is 10.1. The predicted octanol–water partition coefficient (Wildman–Crippen LogP) is 2.94. The highest BCUT2D eigenvalue weighted by molar-refractivity contribution is 7.16. The van der Waals surface area contributed by atoms with Crippen molar-refractivity contribution in [3.63, 3.8) is 0 Å². The lowest BCUT2D eigenvalue weighted by molar-refractivity contribution is 0.401. The van der Waals surface area contributed by atoms with Crippen molar-refractivity contribution in [2.45, 2.75) is 19.5 Å². The van der Waals surface area contributed by atoms with Crippen molar-refractivity contribution in [3.8, 4) is 5.75 Å². The summed E-state index contributed by atoms with van der Waals surface area (Å²) in [5.41, 5.74) is 1.03. The van der Waals surface area contributed by atoms with Crippen LogP contribution in [0.4, 0.5) is 0 Å². The van der Waals surface area contributed by atoms with Gasteiger partial charge in [-0.05, 0) is 26.1 Å². The molecule has 0 fully saturated rings. The Balaban J connectivity index is 2.46. The summed E-state index contributed by atoms with van der Waals surface area (Å²) < 4.78 is 8.11. The Bertz CT molecular complexity index is 502. The minimum Gasteiger partial charge on any atom is -0.493 e. The van der Waals surface area contributed by atoms with Crippen LogP contribution in [0, 0.1) is 0 Å². The van der Waals surface area contributed by atoms with Crippen LogP contribution in [-0.2, 0) is 6.54 Å². The van der Waals surface area contributed by atoms with Gasteiger partial charge in [-0.1, -0.05) is 11.6 Å². The number of nitrogens with one attached hydrogen (secondary N) is 1. The number of rotatable bonds is 5. The van der Waals surface area contributed by atoms with Gasteiger partial charge in [0.1, 0.15) is 5.69 Å². The number of thiophene rings is 1. The first kappa shape index (κ1) is 13.4. The monoisotopic (exact) mass is 285 g/mol. The first-order valence-corrected chi connectivity index (χ1v) is 6.92. The maximum absolute atomic E-state index is 6.01. The van der Waals surface area contributed by atoms with Crippen LogP contribution in [0.15, 0.2) is 18.3 Å². The second-order valence-electron chi connectivity index (χ2n) is 3.78. The Hall–Kier alpha value is -1.04. The maximum Gasteiger partial charge on any atom is 0.161 e. The van der Waals surface area contributed by atoms with Gasteiger partial charge in [-0.2, -0.15) is 5.10 Å². The molecule has 0 radical (unpaired) electrons. The molecule has 1 atom stereocenters. The maximum atomic E-state index is 6.01. The largest absolute Gasteiger partial charge is 0.493 e.